The molecule has 1 heterocycles. The van der Waals surface area contributed by atoms with Crippen molar-refractivity contribution in [2.24, 2.45) is 0 Å². The normalized spacial score (nSPS) is 12.4. The zero-order valence-corrected chi connectivity index (χ0v) is 11.1. The number of hydrogen-bond donors (Lipinski definition) is 1. The summed E-state index contributed by atoms with van der Waals surface area (Å²) in [5.74, 6) is 0. The first-order valence-electron chi connectivity index (χ1n) is 5.26. The molecule has 0 aliphatic carbocycles. The summed E-state index contributed by atoms with van der Waals surface area (Å²) in [6, 6.07) is 0. The van der Waals surface area contributed by atoms with Gasteiger partial charge in [0.15, 0.2) is 4.77 Å². The predicted octanol–water partition coefficient (Wildman–Crippen LogP) is 2.40. The molecule has 1 N–H and O–H groups in total. The summed E-state index contributed by atoms with van der Waals surface area (Å²) in [6.45, 7) is 8.57. The molecule has 0 saturated carbocycles. The smallest absolute Gasteiger partial charge is 0.177 e. The Morgan fingerprint density at radius 3 is 2.47 bits per heavy atom. The number of aromatic nitrogens is 2. The van der Waals surface area contributed by atoms with Crippen LogP contribution in [0.4, 0.5) is 0 Å². The van der Waals surface area contributed by atoms with Gasteiger partial charge in [-0.05, 0) is 26.3 Å². The van der Waals surface area contributed by atoms with Crippen molar-refractivity contribution in [1.82, 2.24) is 14.5 Å². The van der Waals surface area contributed by atoms with Gasteiger partial charge in [0, 0.05) is 30.4 Å². The summed E-state index contributed by atoms with van der Waals surface area (Å²) < 4.78 is 3.01. The molecule has 86 valence electrons. The summed E-state index contributed by atoms with van der Waals surface area (Å²) in [7, 11) is 4.15. The van der Waals surface area contributed by atoms with Crippen LogP contribution in [0.15, 0.2) is 6.20 Å². The molecule has 0 aliphatic heterocycles. The third kappa shape index (κ3) is 3.18. The third-order valence-corrected chi connectivity index (χ3v) is 2.75. The summed E-state index contributed by atoms with van der Waals surface area (Å²) >= 11 is 5.28. The molecule has 1 rings (SSSR count). The van der Waals surface area contributed by atoms with Crippen LogP contribution in [0.5, 0.6) is 0 Å². The highest BCUT2D eigenvalue weighted by atomic mass is 32.1. The van der Waals surface area contributed by atoms with Gasteiger partial charge in [-0.1, -0.05) is 20.8 Å². The van der Waals surface area contributed by atoms with Crippen LogP contribution in [0.2, 0.25) is 0 Å². The maximum Gasteiger partial charge on any atom is 0.177 e. The summed E-state index contributed by atoms with van der Waals surface area (Å²) in [4.78, 5) is 5.29. The molecule has 0 radical (unpaired) electrons. The van der Waals surface area contributed by atoms with Crippen molar-refractivity contribution in [2.75, 3.05) is 20.6 Å². The van der Waals surface area contributed by atoms with Crippen LogP contribution in [-0.4, -0.2) is 35.1 Å². The van der Waals surface area contributed by atoms with Crippen LogP contribution in [0.1, 0.15) is 26.5 Å². The van der Waals surface area contributed by atoms with Gasteiger partial charge in [0.05, 0.1) is 0 Å². The third-order valence-electron chi connectivity index (χ3n) is 2.41. The topological polar surface area (TPSA) is 24.0 Å². The van der Waals surface area contributed by atoms with Crippen molar-refractivity contribution in [3.63, 3.8) is 0 Å². The summed E-state index contributed by atoms with van der Waals surface area (Å²) in [5.41, 5.74) is 1.41. The Morgan fingerprint density at radius 1 is 1.40 bits per heavy atom. The van der Waals surface area contributed by atoms with Crippen LogP contribution >= 0.6 is 12.2 Å². The second-order valence-electron chi connectivity index (χ2n) is 5.18. The highest BCUT2D eigenvalue weighted by Gasteiger charge is 2.18. The largest absolute Gasteiger partial charge is 0.337 e. The van der Waals surface area contributed by atoms with Crippen LogP contribution in [0.3, 0.4) is 0 Å². The second kappa shape index (κ2) is 4.49. The van der Waals surface area contributed by atoms with Gasteiger partial charge < -0.3 is 14.5 Å². The number of likely N-dealkylation sites (N-methyl/N-ethyl adjacent to an activating group) is 1. The van der Waals surface area contributed by atoms with Gasteiger partial charge in [-0.15, -0.1) is 0 Å². The molecule has 0 amide bonds. The predicted molar refractivity (Wildman–Crippen MR) is 66.9 cm³/mol. The Hall–Kier alpha value is -0.610. The average molecular weight is 227 g/mol. The Balaban J connectivity index is 2.95. The molecule has 1 aromatic heterocycles. The molecule has 0 aliphatic rings. The lowest BCUT2D eigenvalue weighted by atomic mass is 9.92. The van der Waals surface area contributed by atoms with Crippen molar-refractivity contribution in [3.8, 4) is 0 Å². The van der Waals surface area contributed by atoms with Gasteiger partial charge >= 0.3 is 0 Å². The van der Waals surface area contributed by atoms with Crippen molar-refractivity contribution in [3.05, 3.63) is 16.7 Å². The Labute approximate surface area is 97.1 Å². The number of H-pyrrole nitrogens is 1. The molecule has 0 fully saturated rings. The molecule has 3 nitrogen and oxygen atoms in total. The maximum absolute atomic E-state index is 5.28. The molecular formula is C11H21N3S. The lowest BCUT2D eigenvalue weighted by molar-refractivity contribution is 0.372. The zero-order chi connectivity index (χ0) is 11.6. The molecule has 15 heavy (non-hydrogen) atoms. The second-order valence-corrected chi connectivity index (χ2v) is 5.57. The number of hydrogen-bond acceptors (Lipinski definition) is 2. The first-order valence-corrected chi connectivity index (χ1v) is 5.66. The van der Waals surface area contributed by atoms with Crippen molar-refractivity contribution in [1.29, 1.82) is 0 Å². The van der Waals surface area contributed by atoms with Crippen molar-refractivity contribution >= 4 is 12.2 Å². The van der Waals surface area contributed by atoms with E-state index >= 15 is 0 Å². The quantitative estimate of drug-likeness (QED) is 0.802. The Kier molecular flexibility index (Phi) is 3.73. The number of rotatable bonds is 3. The SMILES string of the molecule is CN(C)CCn1c(C(C)(C)C)c[nH]c1=S. The van der Waals surface area contributed by atoms with E-state index < -0.39 is 0 Å². The zero-order valence-electron chi connectivity index (χ0n) is 10.3. The minimum absolute atomic E-state index is 0.139. The number of nitrogens with one attached hydrogen (secondary N) is 1. The van der Waals surface area contributed by atoms with Gasteiger partial charge in [0.25, 0.3) is 0 Å². The number of nitrogens with zero attached hydrogens (tertiary/aromatic N) is 2. The van der Waals surface area contributed by atoms with E-state index in [2.05, 4.69) is 49.3 Å². The first kappa shape index (κ1) is 12.5. The average Bonchev–Trinajstić information content (AvgIpc) is 2.42. The molecular weight excluding hydrogens is 206 g/mol. The van der Waals surface area contributed by atoms with E-state index in [0.717, 1.165) is 17.9 Å². The van der Waals surface area contributed by atoms with E-state index in [0.29, 0.717) is 0 Å². The van der Waals surface area contributed by atoms with E-state index in [1.807, 2.05) is 6.20 Å². The molecule has 0 unspecified atom stereocenters. The van der Waals surface area contributed by atoms with Gasteiger partial charge in [0.1, 0.15) is 0 Å². The molecule has 1 aromatic rings. The van der Waals surface area contributed by atoms with E-state index in [9.17, 15) is 0 Å². The van der Waals surface area contributed by atoms with Crippen LogP contribution in [0, 0.1) is 4.77 Å². The minimum Gasteiger partial charge on any atom is -0.337 e. The lowest BCUT2D eigenvalue weighted by Gasteiger charge is -2.21. The lowest BCUT2D eigenvalue weighted by Crippen LogP contribution is -2.23. The van der Waals surface area contributed by atoms with Crippen LogP contribution < -0.4 is 0 Å². The Bertz CT molecular complexity index is 368. The van der Waals surface area contributed by atoms with Gasteiger partial charge in [-0.3, -0.25) is 0 Å². The molecule has 0 bridgehead atoms. The standard InChI is InChI=1S/C11H21N3S/c1-11(2,3)9-8-12-10(15)14(9)7-6-13(4)5/h8H,6-7H2,1-5H3,(H,12,15). The molecule has 0 atom stereocenters. The molecule has 4 heteroatoms. The molecule has 0 spiro atoms. The van der Waals surface area contributed by atoms with Gasteiger partial charge in [-0.2, -0.15) is 0 Å². The van der Waals surface area contributed by atoms with E-state index in [-0.39, 0.29) is 5.41 Å². The van der Waals surface area contributed by atoms with Gasteiger partial charge in [0.2, 0.25) is 0 Å². The molecule has 0 aromatic carbocycles. The highest BCUT2D eigenvalue weighted by molar-refractivity contribution is 7.71. The first-order chi connectivity index (χ1) is 6.82. The van der Waals surface area contributed by atoms with Crippen LogP contribution in [-0.2, 0) is 12.0 Å². The minimum atomic E-state index is 0.139. The fourth-order valence-electron chi connectivity index (χ4n) is 1.54. The summed E-state index contributed by atoms with van der Waals surface area (Å²) in [5, 5.41) is 0. The van der Waals surface area contributed by atoms with E-state index in [1.165, 1.54) is 5.69 Å². The highest BCUT2D eigenvalue weighted by Crippen LogP contribution is 2.22. The molecule has 0 saturated heterocycles. The monoisotopic (exact) mass is 227 g/mol. The fraction of sp³-hybridized carbons (Fsp3) is 0.727. The number of imidazole rings is 1. The van der Waals surface area contributed by atoms with Crippen molar-refractivity contribution < 1.29 is 0 Å². The Morgan fingerprint density at radius 2 is 2.00 bits per heavy atom. The van der Waals surface area contributed by atoms with Crippen LogP contribution in [0.25, 0.3) is 0 Å². The van der Waals surface area contributed by atoms with Gasteiger partial charge in [-0.25, -0.2) is 0 Å². The van der Waals surface area contributed by atoms with E-state index in [4.69, 9.17) is 12.2 Å². The van der Waals surface area contributed by atoms with Crippen molar-refractivity contribution in [2.45, 2.75) is 32.7 Å². The maximum atomic E-state index is 5.28. The summed E-state index contributed by atoms with van der Waals surface area (Å²) in [6.07, 6.45) is 2.03. The fourth-order valence-corrected chi connectivity index (χ4v) is 1.79. The number of aromatic amines is 1. The van der Waals surface area contributed by atoms with E-state index in [1.54, 1.807) is 0 Å².